The number of hydrogen-bond acceptors (Lipinski definition) is 3. The number of hydrogen-bond donors (Lipinski definition) is 0. The van der Waals surface area contributed by atoms with Gasteiger partial charge in [0, 0.05) is 38.5 Å². The third-order valence-corrected chi connectivity index (χ3v) is 7.59. The Labute approximate surface area is 173 Å². The molecule has 0 unspecified atom stereocenters. The summed E-state index contributed by atoms with van der Waals surface area (Å²) >= 11 is 0. The van der Waals surface area contributed by atoms with Gasteiger partial charge >= 0.3 is 7.32 Å². The molecule has 3 fully saturated rings. The molecule has 28 heavy (non-hydrogen) atoms. The van der Waals surface area contributed by atoms with Crippen molar-refractivity contribution >= 4 is 7.32 Å². The van der Waals surface area contributed by atoms with E-state index >= 15 is 0 Å². The molecule has 3 aliphatic heterocycles. The van der Waals surface area contributed by atoms with Crippen molar-refractivity contribution in [2.45, 2.75) is 38.5 Å². The minimum absolute atomic E-state index is 0.502. The van der Waals surface area contributed by atoms with Gasteiger partial charge in [-0.2, -0.15) is 0 Å². The number of likely N-dealkylation sites (tertiary alicyclic amines) is 3. The summed E-state index contributed by atoms with van der Waals surface area (Å²) in [7, 11) is 6.55. The van der Waals surface area contributed by atoms with Crippen molar-refractivity contribution in [3.8, 4) is 0 Å². The molecule has 0 aromatic rings. The first-order chi connectivity index (χ1) is 13.4. The Morgan fingerprint density at radius 3 is 1.00 bits per heavy atom. The minimum atomic E-state index is -0.502. The second kappa shape index (κ2) is 10.2. The molecule has 7 heteroatoms. The van der Waals surface area contributed by atoms with Crippen LogP contribution in [0.15, 0.2) is 0 Å². The molecule has 6 nitrogen and oxygen atoms in total. The van der Waals surface area contributed by atoms with Gasteiger partial charge in [0.25, 0.3) is 0 Å². The molecule has 0 atom stereocenters. The fourth-order valence-corrected chi connectivity index (χ4v) is 5.22. The van der Waals surface area contributed by atoms with Gasteiger partial charge in [-0.25, -0.2) is 0 Å². The Hall–Kier alpha value is -0.175. The first-order valence-electron chi connectivity index (χ1n) is 11.8. The fraction of sp³-hybridized carbons (Fsp3) is 1.00. The van der Waals surface area contributed by atoms with Crippen LogP contribution in [0.5, 0.6) is 0 Å². The molecule has 0 bridgehead atoms. The lowest BCUT2D eigenvalue weighted by Crippen LogP contribution is -2.47. The Bertz CT molecular complexity index is 395. The average molecular weight is 398 g/mol. The van der Waals surface area contributed by atoms with E-state index in [0.29, 0.717) is 0 Å². The van der Waals surface area contributed by atoms with Crippen LogP contribution in [0.4, 0.5) is 0 Å². The van der Waals surface area contributed by atoms with Crippen molar-refractivity contribution < 1.29 is 27.4 Å². The molecule has 162 valence electrons. The first kappa shape index (κ1) is 22.5. The Morgan fingerprint density at radius 1 is 0.500 bits per heavy atom. The van der Waals surface area contributed by atoms with Gasteiger partial charge in [-0.3, -0.25) is 0 Å². The van der Waals surface area contributed by atoms with E-state index in [0.717, 1.165) is 52.9 Å². The SMILES string of the molecule is C[N+]1(CCOB(OCC[N+]2(C)CCCC2)OCC[N+]2(C)CCCC2)CCCC1. The summed E-state index contributed by atoms with van der Waals surface area (Å²) < 4.78 is 21.7. The molecule has 0 amide bonds. The molecule has 0 spiro atoms. The number of rotatable bonds is 12. The van der Waals surface area contributed by atoms with Crippen molar-refractivity contribution in [3.63, 3.8) is 0 Å². The van der Waals surface area contributed by atoms with E-state index in [1.807, 2.05) is 0 Å². The van der Waals surface area contributed by atoms with Crippen LogP contribution in [0, 0.1) is 0 Å². The zero-order valence-electron chi connectivity index (χ0n) is 18.9. The second-order valence-corrected chi connectivity index (χ2v) is 10.4. The van der Waals surface area contributed by atoms with Gasteiger partial charge in [-0.05, 0) is 0 Å². The molecule has 0 N–H and O–H groups in total. The maximum atomic E-state index is 6.09. The van der Waals surface area contributed by atoms with Crippen LogP contribution in [0.1, 0.15) is 38.5 Å². The minimum Gasteiger partial charge on any atom is -0.380 e. The van der Waals surface area contributed by atoms with E-state index < -0.39 is 7.32 Å². The number of nitrogens with zero attached hydrogens (tertiary/aromatic N) is 3. The predicted octanol–water partition coefficient (Wildman–Crippen LogP) is 1.74. The quantitative estimate of drug-likeness (QED) is 0.370. The van der Waals surface area contributed by atoms with E-state index in [4.69, 9.17) is 14.0 Å². The van der Waals surface area contributed by atoms with Gasteiger partial charge in [-0.1, -0.05) is 0 Å². The van der Waals surface area contributed by atoms with Crippen LogP contribution in [0.2, 0.25) is 0 Å². The summed E-state index contributed by atoms with van der Waals surface area (Å²) in [4.78, 5) is 0. The summed E-state index contributed by atoms with van der Waals surface area (Å²) in [6.45, 7) is 13.0. The highest BCUT2D eigenvalue weighted by Crippen LogP contribution is 2.18. The van der Waals surface area contributed by atoms with E-state index in [1.54, 1.807) is 0 Å². The molecule has 0 aromatic carbocycles. The zero-order valence-corrected chi connectivity index (χ0v) is 18.9. The van der Waals surface area contributed by atoms with Crippen molar-refractivity contribution in [1.29, 1.82) is 0 Å². The highest BCUT2D eigenvalue weighted by Gasteiger charge is 2.32. The standard InChI is InChI=1S/C21H45BN3O3/c1-23(10-4-5-11-23)16-19-26-22(27-20-17-24(2)12-6-7-13-24)28-21-18-25(3)14-8-9-15-25/h4-21H2,1-3H3/q+3. The number of likely N-dealkylation sites (N-methyl/N-ethyl adjacent to an activating group) is 3. The van der Waals surface area contributed by atoms with Crippen molar-refractivity contribution in [2.75, 3.05) is 99.9 Å². The van der Waals surface area contributed by atoms with Crippen LogP contribution in [0.25, 0.3) is 0 Å². The number of quaternary nitrogens is 3. The Kier molecular flexibility index (Phi) is 8.22. The lowest BCUT2D eigenvalue weighted by Gasteiger charge is -2.31. The molecule has 3 saturated heterocycles. The van der Waals surface area contributed by atoms with Gasteiger partial charge in [-0.15, -0.1) is 0 Å². The molecule has 3 heterocycles. The topological polar surface area (TPSA) is 27.7 Å². The molecule has 0 radical (unpaired) electrons. The molecule has 0 saturated carbocycles. The molecule has 0 aliphatic carbocycles. The zero-order chi connectivity index (χ0) is 19.9. The highest BCUT2D eigenvalue weighted by atomic mass is 16.7. The lowest BCUT2D eigenvalue weighted by atomic mass is 10.2. The smallest absolute Gasteiger partial charge is 0.380 e. The van der Waals surface area contributed by atoms with E-state index in [-0.39, 0.29) is 0 Å². The van der Waals surface area contributed by atoms with Gasteiger partial charge in [0.1, 0.15) is 19.6 Å². The fourth-order valence-electron chi connectivity index (χ4n) is 5.22. The highest BCUT2D eigenvalue weighted by molar-refractivity contribution is 6.36. The summed E-state index contributed by atoms with van der Waals surface area (Å²) in [5.41, 5.74) is 0. The third kappa shape index (κ3) is 6.96. The van der Waals surface area contributed by atoms with Gasteiger partial charge in [0.15, 0.2) is 0 Å². The normalized spacial score (nSPS) is 25.4. The van der Waals surface area contributed by atoms with Crippen molar-refractivity contribution in [2.24, 2.45) is 0 Å². The maximum absolute atomic E-state index is 6.09. The molecule has 3 aliphatic rings. The van der Waals surface area contributed by atoms with Crippen LogP contribution in [-0.4, -0.2) is 121 Å². The molecule has 3 rings (SSSR count). The monoisotopic (exact) mass is 398 g/mol. The molecular formula is C21H45BN3O3+3. The van der Waals surface area contributed by atoms with Crippen LogP contribution >= 0.6 is 0 Å². The van der Waals surface area contributed by atoms with Crippen molar-refractivity contribution in [1.82, 2.24) is 0 Å². The lowest BCUT2D eigenvalue weighted by molar-refractivity contribution is -0.898. The van der Waals surface area contributed by atoms with E-state index in [2.05, 4.69) is 21.1 Å². The van der Waals surface area contributed by atoms with Gasteiger partial charge in [0.05, 0.1) is 80.2 Å². The van der Waals surface area contributed by atoms with E-state index in [9.17, 15) is 0 Å². The summed E-state index contributed by atoms with van der Waals surface area (Å²) in [6, 6.07) is 0. The third-order valence-electron chi connectivity index (χ3n) is 7.59. The molecular weight excluding hydrogens is 353 g/mol. The summed E-state index contributed by atoms with van der Waals surface area (Å²) in [5, 5.41) is 0. The Morgan fingerprint density at radius 2 is 0.750 bits per heavy atom. The molecule has 0 aromatic heterocycles. The maximum Gasteiger partial charge on any atom is 0.640 e. The van der Waals surface area contributed by atoms with Gasteiger partial charge in [0.2, 0.25) is 0 Å². The average Bonchev–Trinajstić information content (AvgIpc) is 3.38. The van der Waals surface area contributed by atoms with Crippen molar-refractivity contribution in [3.05, 3.63) is 0 Å². The van der Waals surface area contributed by atoms with E-state index in [1.165, 1.54) is 77.8 Å². The second-order valence-electron chi connectivity index (χ2n) is 10.4. The van der Waals surface area contributed by atoms with Crippen LogP contribution in [0.3, 0.4) is 0 Å². The summed E-state index contributed by atoms with van der Waals surface area (Å²) in [5.74, 6) is 0. The van der Waals surface area contributed by atoms with Gasteiger partial charge < -0.3 is 27.4 Å². The largest absolute Gasteiger partial charge is 0.640 e. The first-order valence-corrected chi connectivity index (χ1v) is 11.8. The summed E-state index contributed by atoms with van der Waals surface area (Å²) in [6.07, 6.45) is 8.08. The Balaban J connectivity index is 1.40. The van der Waals surface area contributed by atoms with Crippen LogP contribution < -0.4 is 0 Å². The predicted molar refractivity (Wildman–Crippen MR) is 114 cm³/mol. The van der Waals surface area contributed by atoms with Crippen LogP contribution in [-0.2, 0) is 14.0 Å².